The third-order valence-electron chi connectivity index (χ3n) is 3.25. The van der Waals surface area contributed by atoms with Crippen molar-refractivity contribution in [3.63, 3.8) is 0 Å². The van der Waals surface area contributed by atoms with E-state index in [1.54, 1.807) is 46.8 Å². The fraction of sp³-hybridized carbons (Fsp3) is 0.556. The Labute approximate surface area is 143 Å². The monoisotopic (exact) mass is 337 g/mol. The number of benzene rings is 1. The third-order valence-corrected chi connectivity index (χ3v) is 3.25. The van der Waals surface area contributed by atoms with Crippen LogP contribution in [0.3, 0.4) is 0 Å². The highest BCUT2D eigenvalue weighted by molar-refractivity contribution is 5.74. The molecule has 6 heteroatoms. The minimum atomic E-state index is -0.600. The largest absolute Gasteiger partial charge is 0.508 e. The predicted octanol–water partition coefficient (Wildman–Crippen LogP) is 2.95. The zero-order chi connectivity index (χ0) is 18.3. The molecule has 134 valence electrons. The van der Waals surface area contributed by atoms with E-state index in [4.69, 9.17) is 9.47 Å². The van der Waals surface area contributed by atoms with Crippen molar-refractivity contribution < 1.29 is 24.2 Å². The number of esters is 1. The average Bonchev–Trinajstić information content (AvgIpc) is 2.45. The van der Waals surface area contributed by atoms with E-state index in [0.29, 0.717) is 6.42 Å². The van der Waals surface area contributed by atoms with Gasteiger partial charge in [-0.15, -0.1) is 0 Å². The maximum absolute atomic E-state index is 12.1. The number of aromatic hydroxyl groups is 1. The summed E-state index contributed by atoms with van der Waals surface area (Å²) in [6, 6.07) is 5.16. The van der Waals surface area contributed by atoms with Gasteiger partial charge in [0.2, 0.25) is 0 Å². The highest BCUT2D eigenvalue weighted by atomic mass is 16.6. The van der Waals surface area contributed by atoms with E-state index in [2.05, 4.69) is 5.32 Å². The van der Waals surface area contributed by atoms with Gasteiger partial charge in [0.25, 0.3) is 0 Å². The second-order valence-corrected chi connectivity index (χ2v) is 6.66. The number of carbonyl (C=O) groups is 2. The standard InChI is InChI=1S/C18H27NO5/c1-6-23-16(21)14(11-19-17(22)24-18(3,4)5)10-13-7-8-15(20)12(2)9-13/h7-9,14,20H,6,10-11H2,1-5H3,(H,19,22). The Morgan fingerprint density at radius 3 is 2.50 bits per heavy atom. The first kappa shape index (κ1) is 19.8. The van der Waals surface area contributed by atoms with Crippen LogP contribution in [0.5, 0.6) is 5.75 Å². The van der Waals surface area contributed by atoms with Crippen LogP contribution >= 0.6 is 0 Å². The molecule has 0 aliphatic rings. The number of ether oxygens (including phenoxy) is 2. The van der Waals surface area contributed by atoms with Gasteiger partial charge in [-0.2, -0.15) is 0 Å². The SMILES string of the molecule is CCOC(=O)C(CNC(=O)OC(C)(C)C)Cc1ccc(O)c(C)c1. The number of aryl methyl sites for hydroxylation is 1. The summed E-state index contributed by atoms with van der Waals surface area (Å²) in [5, 5.41) is 12.2. The highest BCUT2D eigenvalue weighted by Crippen LogP contribution is 2.19. The first-order chi connectivity index (χ1) is 11.1. The lowest BCUT2D eigenvalue weighted by Crippen LogP contribution is -2.38. The summed E-state index contributed by atoms with van der Waals surface area (Å²) >= 11 is 0. The van der Waals surface area contributed by atoms with Crippen LogP contribution in [0.4, 0.5) is 4.79 Å². The molecule has 0 heterocycles. The van der Waals surface area contributed by atoms with Crippen LogP contribution in [0.1, 0.15) is 38.8 Å². The summed E-state index contributed by atoms with van der Waals surface area (Å²) in [6.07, 6.45) is -0.172. The van der Waals surface area contributed by atoms with Crippen LogP contribution in [0.15, 0.2) is 18.2 Å². The molecule has 0 aliphatic carbocycles. The van der Waals surface area contributed by atoms with Crippen molar-refractivity contribution in [3.8, 4) is 5.75 Å². The molecule has 0 bridgehead atoms. The van der Waals surface area contributed by atoms with Gasteiger partial charge >= 0.3 is 12.1 Å². The van der Waals surface area contributed by atoms with Crippen LogP contribution in [0, 0.1) is 12.8 Å². The molecule has 1 amide bonds. The Morgan fingerprint density at radius 2 is 1.96 bits per heavy atom. The van der Waals surface area contributed by atoms with Gasteiger partial charge in [0.05, 0.1) is 12.5 Å². The van der Waals surface area contributed by atoms with Crippen molar-refractivity contribution in [2.24, 2.45) is 5.92 Å². The molecule has 2 N–H and O–H groups in total. The van der Waals surface area contributed by atoms with Crippen molar-refractivity contribution in [3.05, 3.63) is 29.3 Å². The molecule has 0 fully saturated rings. The van der Waals surface area contributed by atoms with Gasteiger partial charge in [-0.3, -0.25) is 4.79 Å². The van der Waals surface area contributed by atoms with Gasteiger partial charge in [0.15, 0.2) is 0 Å². The lowest BCUT2D eigenvalue weighted by Gasteiger charge is -2.21. The molecule has 0 saturated carbocycles. The zero-order valence-electron chi connectivity index (χ0n) is 15.0. The topological polar surface area (TPSA) is 84.9 Å². The maximum atomic E-state index is 12.1. The smallest absolute Gasteiger partial charge is 0.407 e. The lowest BCUT2D eigenvalue weighted by molar-refractivity contribution is -0.147. The molecule has 0 spiro atoms. The summed E-state index contributed by atoms with van der Waals surface area (Å²) in [4.78, 5) is 23.9. The number of hydrogen-bond donors (Lipinski definition) is 2. The summed E-state index contributed by atoms with van der Waals surface area (Å²) in [7, 11) is 0. The molecule has 0 saturated heterocycles. The Bertz CT molecular complexity index is 577. The summed E-state index contributed by atoms with van der Waals surface area (Å²) < 4.78 is 10.3. The molecule has 6 nitrogen and oxygen atoms in total. The van der Waals surface area contributed by atoms with Crippen molar-refractivity contribution in [1.82, 2.24) is 5.32 Å². The van der Waals surface area contributed by atoms with E-state index in [1.807, 2.05) is 6.07 Å². The number of carbonyl (C=O) groups excluding carboxylic acids is 2. The number of rotatable bonds is 6. The van der Waals surface area contributed by atoms with Gasteiger partial charge < -0.3 is 19.9 Å². The number of nitrogens with one attached hydrogen (secondary N) is 1. The van der Waals surface area contributed by atoms with Crippen LogP contribution in [0.25, 0.3) is 0 Å². The molecule has 1 unspecified atom stereocenters. The Morgan fingerprint density at radius 1 is 1.29 bits per heavy atom. The summed E-state index contributed by atoms with van der Waals surface area (Å²) in [5.41, 5.74) is 1.02. The van der Waals surface area contributed by atoms with Gasteiger partial charge in [-0.25, -0.2) is 4.79 Å². The number of phenolic OH excluding ortho intramolecular Hbond substituents is 1. The molecule has 24 heavy (non-hydrogen) atoms. The Balaban J connectivity index is 2.75. The quantitative estimate of drug-likeness (QED) is 0.780. The molecular formula is C18H27NO5. The number of alkyl carbamates (subject to hydrolysis) is 1. The fourth-order valence-corrected chi connectivity index (χ4v) is 2.15. The number of hydrogen-bond acceptors (Lipinski definition) is 5. The first-order valence-corrected chi connectivity index (χ1v) is 8.04. The van der Waals surface area contributed by atoms with E-state index in [1.165, 1.54) is 0 Å². The molecular weight excluding hydrogens is 310 g/mol. The normalized spacial score (nSPS) is 12.4. The molecule has 0 aromatic heterocycles. The minimum Gasteiger partial charge on any atom is -0.508 e. The summed E-state index contributed by atoms with van der Waals surface area (Å²) in [5.74, 6) is -0.695. The van der Waals surface area contributed by atoms with Crippen molar-refractivity contribution in [2.75, 3.05) is 13.2 Å². The minimum absolute atomic E-state index is 0.119. The van der Waals surface area contributed by atoms with Gasteiger partial charge in [-0.1, -0.05) is 12.1 Å². The number of phenols is 1. The molecule has 1 atom stereocenters. The van der Waals surface area contributed by atoms with Crippen LogP contribution in [-0.2, 0) is 20.7 Å². The van der Waals surface area contributed by atoms with E-state index < -0.39 is 17.6 Å². The number of amides is 1. The molecule has 0 aliphatic heterocycles. The van der Waals surface area contributed by atoms with Crippen LogP contribution in [0.2, 0.25) is 0 Å². The second-order valence-electron chi connectivity index (χ2n) is 6.66. The van der Waals surface area contributed by atoms with Crippen LogP contribution in [-0.4, -0.2) is 35.9 Å². The predicted molar refractivity (Wildman–Crippen MR) is 90.9 cm³/mol. The Kier molecular flexibility index (Phi) is 7.07. The van der Waals surface area contributed by atoms with Crippen molar-refractivity contribution in [1.29, 1.82) is 0 Å². The molecule has 1 aromatic carbocycles. The first-order valence-electron chi connectivity index (χ1n) is 8.04. The van der Waals surface area contributed by atoms with Crippen LogP contribution < -0.4 is 5.32 Å². The van der Waals surface area contributed by atoms with E-state index in [0.717, 1.165) is 11.1 Å². The highest BCUT2D eigenvalue weighted by Gasteiger charge is 2.23. The molecule has 1 aromatic rings. The molecule has 0 radical (unpaired) electrons. The van der Waals surface area contributed by atoms with Crippen molar-refractivity contribution in [2.45, 2.75) is 46.6 Å². The third kappa shape index (κ3) is 6.89. The second kappa shape index (κ2) is 8.57. The average molecular weight is 337 g/mol. The zero-order valence-corrected chi connectivity index (χ0v) is 15.0. The maximum Gasteiger partial charge on any atom is 0.407 e. The van der Waals surface area contributed by atoms with E-state index in [9.17, 15) is 14.7 Å². The lowest BCUT2D eigenvalue weighted by atomic mass is 9.98. The molecule has 1 rings (SSSR count). The van der Waals surface area contributed by atoms with Gasteiger partial charge in [0, 0.05) is 6.54 Å². The van der Waals surface area contributed by atoms with Gasteiger partial charge in [0.1, 0.15) is 11.4 Å². The fourth-order valence-electron chi connectivity index (χ4n) is 2.15. The Hall–Kier alpha value is -2.24. The summed E-state index contributed by atoms with van der Waals surface area (Å²) in [6.45, 7) is 9.24. The van der Waals surface area contributed by atoms with Gasteiger partial charge in [-0.05, 0) is 58.2 Å². The van der Waals surface area contributed by atoms with E-state index >= 15 is 0 Å². The van der Waals surface area contributed by atoms with E-state index in [-0.39, 0.29) is 24.9 Å². The van der Waals surface area contributed by atoms with Crippen molar-refractivity contribution >= 4 is 12.1 Å².